The third-order valence-corrected chi connectivity index (χ3v) is 8.53. The molecule has 2 N–H and O–H groups in total. The van der Waals surface area contributed by atoms with Gasteiger partial charge < -0.3 is 10.6 Å². The smallest absolute Gasteiger partial charge is 0.229 e. The van der Waals surface area contributed by atoms with Crippen molar-refractivity contribution in [1.29, 1.82) is 0 Å². The van der Waals surface area contributed by atoms with Crippen molar-refractivity contribution in [2.45, 2.75) is 82.7 Å². The molecule has 0 radical (unpaired) electrons. The maximum Gasteiger partial charge on any atom is 0.229 e. The Kier molecular flexibility index (Phi) is 6.46. The Morgan fingerprint density at radius 1 is 0.724 bits per heavy atom. The maximum atomic E-state index is 12.6. The predicted molar refractivity (Wildman–Crippen MR) is 116 cm³/mol. The summed E-state index contributed by atoms with van der Waals surface area (Å²) in [5.41, 5.74) is 0. The van der Waals surface area contributed by atoms with Gasteiger partial charge in [-0.1, -0.05) is 50.7 Å². The highest BCUT2D eigenvalue weighted by Gasteiger charge is 2.44. The summed E-state index contributed by atoms with van der Waals surface area (Å²) in [5, 5.41) is 6.35. The van der Waals surface area contributed by atoms with Crippen LogP contribution in [0.2, 0.25) is 0 Å². The first-order chi connectivity index (χ1) is 14.1. The minimum atomic E-state index is -0.136. The topological polar surface area (TPSA) is 58.2 Å². The zero-order chi connectivity index (χ0) is 20.4. The van der Waals surface area contributed by atoms with Crippen molar-refractivity contribution in [3.05, 3.63) is 25.3 Å². The summed E-state index contributed by atoms with van der Waals surface area (Å²) >= 11 is 0. The molecular formula is C25H38N2O2. The van der Waals surface area contributed by atoms with Crippen LogP contribution in [0.3, 0.4) is 0 Å². The molecule has 0 aromatic carbocycles. The van der Waals surface area contributed by atoms with Gasteiger partial charge in [0.1, 0.15) is 6.42 Å². The maximum absolute atomic E-state index is 12.6. The quantitative estimate of drug-likeness (QED) is 0.515. The summed E-state index contributed by atoms with van der Waals surface area (Å²) in [5.74, 6) is 3.19. The molecule has 8 atom stereocenters. The van der Waals surface area contributed by atoms with E-state index in [0.29, 0.717) is 35.5 Å². The second-order valence-electron chi connectivity index (χ2n) is 10.0. The van der Waals surface area contributed by atoms with Gasteiger partial charge in [-0.25, -0.2) is 0 Å². The molecular weight excluding hydrogens is 360 g/mol. The van der Waals surface area contributed by atoms with E-state index in [2.05, 4.69) is 23.8 Å². The van der Waals surface area contributed by atoms with Crippen molar-refractivity contribution in [2.24, 2.45) is 35.5 Å². The van der Waals surface area contributed by atoms with Crippen LogP contribution in [0.1, 0.15) is 70.6 Å². The average Bonchev–Trinajstić information content (AvgIpc) is 3.23. The molecule has 4 rings (SSSR count). The van der Waals surface area contributed by atoms with E-state index in [1.54, 1.807) is 0 Å². The molecule has 0 aromatic rings. The number of carbonyl (C=O) groups is 2. The van der Waals surface area contributed by atoms with Gasteiger partial charge >= 0.3 is 0 Å². The molecule has 0 bridgehead atoms. The standard InChI is InChI=1S/C25H38N2O2/c1-3-18-20-11-7-5-9-16(20)13-22(18)26-24(28)15-25(29)27-23-14-17-10-6-8-12-21(17)19(23)4-2/h3-4,16-23H,1-2,5-15H2,(H,26,28)(H,27,29)/t16-,17-,18+,19+,20+,21+,22+,23+/m1/s1. The van der Waals surface area contributed by atoms with Gasteiger partial charge in [0.2, 0.25) is 11.8 Å². The van der Waals surface area contributed by atoms with E-state index in [4.69, 9.17) is 0 Å². The van der Waals surface area contributed by atoms with E-state index in [1.165, 1.54) is 51.4 Å². The number of rotatable bonds is 6. The van der Waals surface area contributed by atoms with Crippen molar-refractivity contribution in [2.75, 3.05) is 0 Å². The van der Waals surface area contributed by atoms with Crippen LogP contribution < -0.4 is 10.6 Å². The Morgan fingerprint density at radius 2 is 1.14 bits per heavy atom. The largest absolute Gasteiger partial charge is 0.352 e. The van der Waals surface area contributed by atoms with Crippen LogP contribution in [0, 0.1) is 35.5 Å². The van der Waals surface area contributed by atoms with Crippen LogP contribution in [0.4, 0.5) is 0 Å². The van der Waals surface area contributed by atoms with E-state index < -0.39 is 0 Å². The molecule has 4 heteroatoms. The SMILES string of the molecule is C=C[C@H]1[C@H]2CCCC[C@@H]2C[C@@H]1NC(=O)CC(=O)N[C@H]1C[C@H]2CCCC[C@@H]2[C@@H]1C=C. The number of fused-ring (bicyclic) bond motifs is 2. The summed E-state index contributed by atoms with van der Waals surface area (Å²) in [6.07, 6.45) is 16.3. The molecule has 4 aliphatic rings. The molecule has 0 heterocycles. The lowest BCUT2D eigenvalue weighted by atomic mass is 9.78. The van der Waals surface area contributed by atoms with Crippen LogP contribution >= 0.6 is 0 Å². The van der Waals surface area contributed by atoms with Gasteiger partial charge in [-0.2, -0.15) is 0 Å². The van der Waals surface area contributed by atoms with E-state index >= 15 is 0 Å². The Morgan fingerprint density at radius 3 is 1.55 bits per heavy atom. The van der Waals surface area contributed by atoms with Gasteiger partial charge in [0.25, 0.3) is 0 Å². The number of amides is 2. The van der Waals surface area contributed by atoms with Crippen molar-refractivity contribution in [3.8, 4) is 0 Å². The van der Waals surface area contributed by atoms with E-state index in [1.807, 2.05) is 12.2 Å². The molecule has 160 valence electrons. The molecule has 0 spiro atoms. The zero-order valence-corrected chi connectivity index (χ0v) is 17.8. The highest BCUT2D eigenvalue weighted by Crippen LogP contribution is 2.47. The lowest BCUT2D eigenvalue weighted by Crippen LogP contribution is -2.43. The monoisotopic (exact) mass is 398 g/mol. The second-order valence-corrected chi connectivity index (χ2v) is 10.0. The van der Waals surface area contributed by atoms with Gasteiger partial charge in [0.05, 0.1) is 0 Å². The Balaban J connectivity index is 1.29. The summed E-state index contributed by atoms with van der Waals surface area (Å²) in [6.45, 7) is 8.07. The first-order valence-corrected chi connectivity index (χ1v) is 11.9. The fourth-order valence-electron chi connectivity index (χ4n) is 7.28. The van der Waals surface area contributed by atoms with Gasteiger partial charge in [-0.3, -0.25) is 9.59 Å². The van der Waals surface area contributed by atoms with E-state index in [-0.39, 0.29) is 30.3 Å². The Bertz CT molecular complexity index is 591. The molecule has 2 amide bonds. The molecule has 4 fully saturated rings. The van der Waals surface area contributed by atoms with Gasteiger partial charge in [-0.05, 0) is 61.2 Å². The van der Waals surface area contributed by atoms with E-state index in [0.717, 1.165) is 12.8 Å². The van der Waals surface area contributed by atoms with Crippen LogP contribution in [0.25, 0.3) is 0 Å². The number of hydrogen-bond donors (Lipinski definition) is 2. The molecule has 0 aliphatic heterocycles. The summed E-state index contributed by atoms with van der Waals surface area (Å²) in [6, 6.07) is 0.298. The minimum absolute atomic E-state index is 0.0641. The fourth-order valence-corrected chi connectivity index (χ4v) is 7.28. The minimum Gasteiger partial charge on any atom is -0.352 e. The molecule has 0 aromatic heterocycles. The van der Waals surface area contributed by atoms with Crippen molar-refractivity contribution >= 4 is 11.8 Å². The van der Waals surface area contributed by atoms with Crippen LogP contribution in [0.15, 0.2) is 25.3 Å². The molecule has 4 saturated carbocycles. The predicted octanol–water partition coefficient (Wildman–Crippen LogP) is 4.37. The lowest BCUT2D eigenvalue weighted by molar-refractivity contribution is -0.130. The second kappa shape index (κ2) is 9.06. The molecule has 0 saturated heterocycles. The fraction of sp³-hybridized carbons (Fsp3) is 0.760. The zero-order valence-electron chi connectivity index (χ0n) is 17.8. The van der Waals surface area contributed by atoms with Crippen LogP contribution in [0.5, 0.6) is 0 Å². The number of hydrogen-bond acceptors (Lipinski definition) is 2. The number of nitrogens with one attached hydrogen (secondary N) is 2. The van der Waals surface area contributed by atoms with Crippen molar-refractivity contribution in [3.63, 3.8) is 0 Å². The third-order valence-electron chi connectivity index (χ3n) is 8.53. The summed E-state index contributed by atoms with van der Waals surface area (Å²) in [4.78, 5) is 25.3. The number of carbonyl (C=O) groups excluding carboxylic acids is 2. The normalized spacial score (nSPS) is 41.1. The highest BCUT2D eigenvalue weighted by atomic mass is 16.2. The summed E-state index contributed by atoms with van der Waals surface area (Å²) < 4.78 is 0. The van der Waals surface area contributed by atoms with Crippen molar-refractivity contribution in [1.82, 2.24) is 10.6 Å². The first-order valence-electron chi connectivity index (χ1n) is 11.9. The third kappa shape index (κ3) is 4.32. The van der Waals surface area contributed by atoms with Crippen LogP contribution in [-0.4, -0.2) is 23.9 Å². The van der Waals surface area contributed by atoms with Crippen LogP contribution in [-0.2, 0) is 9.59 Å². The average molecular weight is 399 g/mol. The Hall–Kier alpha value is -1.58. The highest BCUT2D eigenvalue weighted by molar-refractivity contribution is 5.97. The molecule has 0 unspecified atom stereocenters. The summed E-state index contributed by atoms with van der Waals surface area (Å²) in [7, 11) is 0. The van der Waals surface area contributed by atoms with Crippen molar-refractivity contribution < 1.29 is 9.59 Å². The van der Waals surface area contributed by atoms with Gasteiger partial charge in [-0.15, -0.1) is 13.2 Å². The van der Waals surface area contributed by atoms with E-state index in [9.17, 15) is 9.59 Å². The lowest BCUT2D eigenvalue weighted by Gasteiger charge is -2.28. The van der Waals surface area contributed by atoms with Gasteiger partial charge in [0.15, 0.2) is 0 Å². The molecule has 4 nitrogen and oxygen atoms in total. The first kappa shape index (κ1) is 20.7. The molecule has 29 heavy (non-hydrogen) atoms. The Labute approximate surface area is 176 Å². The van der Waals surface area contributed by atoms with Gasteiger partial charge in [0, 0.05) is 12.1 Å². The molecule has 4 aliphatic carbocycles.